The summed E-state index contributed by atoms with van der Waals surface area (Å²) >= 11 is 1.82. The molecule has 0 aliphatic carbocycles. The molecule has 0 radical (unpaired) electrons. The summed E-state index contributed by atoms with van der Waals surface area (Å²) in [6.07, 6.45) is 0. The van der Waals surface area contributed by atoms with Crippen LogP contribution >= 0.6 is 22.6 Å². The summed E-state index contributed by atoms with van der Waals surface area (Å²) in [4.78, 5) is 28.0. The van der Waals surface area contributed by atoms with Crippen molar-refractivity contribution in [2.45, 2.75) is 0 Å². The Balaban J connectivity index is 2.94. The molecular formula is C7H2IN3O3. The van der Waals surface area contributed by atoms with Crippen LogP contribution in [-0.4, -0.2) is 11.0 Å². The lowest BCUT2D eigenvalue weighted by atomic mass is 10.3. The van der Waals surface area contributed by atoms with Crippen LogP contribution in [0.25, 0.3) is 0 Å². The molecule has 0 N–H and O–H groups in total. The number of fused-ring (bicyclic) bond motifs is 1. The summed E-state index contributed by atoms with van der Waals surface area (Å²) in [5.41, 5.74) is -0.155. The molecule has 1 aliphatic heterocycles. The largest absolute Gasteiger partial charge is 0.368 e. The fraction of sp³-hybridized carbons (Fsp3) is 0. The van der Waals surface area contributed by atoms with Gasteiger partial charge in [-0.25, -0.2) is 4.79 Å². The molecular weight excluding hydrogens is 301 g/mol. The summed E-state index contributed by atoms with van der Waals surface area (Å²) < 4.78 is 0.444. The second-order valence-corrected chi connectivity index (χ2v) is 3.69. The molecule has 14 heavy (non-hydrogen) atoms. The smallest absolute Gasteiger partial charge is 0.258 e. The van der Waals surface area contributed by atoms with Gasteiger partial charge in [0.05, 0.1) is 8.49 Å². The molecule has 1 heterocycles. The zero-order valence-electron chi connectivity index (χ0n) is 6.60. The van der Waals surface area contributed by atoms with Crippen LogP contribution in [0.1, 0.15) is 0 Å². The number of nitrogens with zero attached hydrogens (tertiary/aromatic N) is 3. The van der Waals surface area contributed by atoms with Crippen LogP contribution in [0.2, 0.25) is 0 Å². The standard InChI is InChI=1S/C7H2IN3O3/c8-3-1-2-4-5(6(3)11(13)14)10-7(12)9-4/h1-2H. The van der Waals surface area contributed by atoms with Crippen LogP contribution in [0.4, 0.5) is 10.5 Å². The number of urea groups is 1. The van der Waals surface area contributed by atoms with Gasteiger partial charge >= 0.3 is 11.7 Å². The molecule has 2 amide bonds. The number of hydrogen-bond donors (Lipinski definition) is 0. The number of hydrogen-bond acceptors (Lipinski definition) is 3. The van der Waals surface area contributed by atoms with E-state index in [0.717, 1.165) is 0 Å². The highest BCUT2D eigenvalue weighted by Gasteiger charge is 2.20. The molecule has 7 heteroatoms. The van der Waals surface area contributed by atoms with Crippen molar-refractivity contribution in [1.29, 1.82) is 0 Å². The van der Waals surface area contributed by atoms with Gasteiger partial charge in [0.2, 0.25) is 0 Å². The molecule has 70 valence electrons. The van der Waals surface area contributed by atoms with Gasteiger partial charge < -0.3 is 0 Å². The Morgan fingerprint density at radius 1 is 1.36 bits per heavy atom. The number of nitro groups is 1. The molecule has 0 atom stereocenters. The van der Waals surface area contributed by atoms with E-state index in [1.165, 1.54) is 6.07 Å². The van der Waals surface area contributed by atoms with E-state index in [1.807, 2.05) is 22.6 Å². The van der Waals surface area contributed by atoms with Crippen molar-refractivity contribution in [2.24, 2.45) is 9.98 Å². The van der Waals surface area contributed by atoms with Gasteiger partial charge in [0.1, 0.15) is 5.36 Å². The Labute approximate surface area is 90.7 Å². The van der Waals surface area contributed by atoms with Crippen molar-refractivity contribution in [3.63, 3.8) is 0 Å². The normalized spacial score (nSPS) is 13.1. The van der Waals surface area contributed by atoms with E-state index < -0.39 is 11.0 Å². The maximum absolute atomic E-state index is 10.8. The highest BCUT2D eigenvalue weighted by atomic mass is 127. The van der Waals surface area contributed by atoms with Crippen LogP contribution in [-0.2, 0) is 0 Å². The molecule has 1 aromatic carbocycles. The lowest BCUT2D eigenvalue weighted by Crippen LogP contribution is -2.25. The molecule has 0 fully saturated rings. The third-order valence-corrected chi connectivity index (χ3v) is 2.56. The van der Waals surface area contributed by atoms with E-state index >= 15 is 0 Å². The van der Waals surface area contributed by atoms with Gasteiger partial charge in [-0.05, 0) is 34.7 Å². The minimum Gasteiger partial charge on any atom is -0.258 e. The second kappa shape index (κ2) is 3.08. The Morgan fingerprint density at radius 2 is 2.07 bits per heavy atom. The molecule has 0 bridgehead atoms. The maximum Gasteiger partial charge on any atom is 0.368 e. The van der Waals surface area contributed by atoms with Crippen LogP contribution in [0.3, 0.4) is 0 Å². The Kier molecular flexibility index (Phi) is 2.02. The van der Waals surface area contributed by atoms with Crippen molar-refractivity contribution in [3.05, 3.63) is 36.5 Å². The molecule has 0 unspecified atom stereocenters. The van der Waals surface area contributed by atoms with E-state index in [-0.39, 0.29) is 16.4 Å². The SMILES string of the molecule is O=C1N=c2ccc(I)c([N+](=O)[O-])c2=N1. The van der Waals surface area contributed by atoms with Crippen molar-refractivity contribution < 1.29 is 9.72 Å². The predicted octanol–water partition coefficient (Wildman–Crippen LogP) is 0.572. The first-order valence-corrected chi connectivity index (χ1v) is 4.62. The zero-order chi connectivity index (χ0) is 10.3. The van der Waals surface area contributed by atoms with E-state index in [9.17, 15) is 14.9 Å². The van der Waals surface area contributed by atoms with E-state index in [2.05, 4.69) is 9.98 Å². The highest BCUT2D eigenvalue weighted by molar-refractivity contribution is 14.1. The zero-order valence-corrected chi connectivity index (χ0v) is 8.76. The Morgan fingerprint density at radius 3 is 2.71 bits per heavy atom. The minimum absolute atomic E-state index is 0.0619. The second-order valence-electron chi connectivity index (χ2n) is 2.53. The first kappa shape index (κ1) is 9.19. The molecule has 0 saturated heterocycles. The first-order chi connectivity index (χ1) is 6.59. The highest BCUT2D eigenvalue weighted by Crippen LogP contribution is 2.14. The monoisotopic (exact) mass is 303 g/mol. The third kappa shape index (κ3) is 1.29. The third-order valence-electron chi connectivity index (χ3n) is 1.69. The van der Waals surface area contributed by atoms with E-state index in [1.54, 1.807) is 6.07 Å². The Hall–Kier alpha value is -1.38. The molecule has 1 aromatic rings. The van der Waals surface area contributed by atoms with Gasteiger partial charge in [-0.15, -0.1) is 0 Å². The molecule has 1 aliphatic rings. The van der Waals surface area contributed by atoms with Crippen molar-refractivity contribution in [3.8, 4) is 0 Å². The van der Waals surface area contributed by atoms with Gasteiger partial charge in [-0.2, -0.15) is 9.98 Å². The van der Waals surface area contributed by atoms with Crippen molar-refractivity contribution >= 4 is 34.3 Å². The first-order valence-electron chi connectivity index (χ1n) is 3.54. The van der Waals surface area contributed by atoms with Crippen LogP contribution in [0.15, 0.2) is 22.1 Å². The van der Waals surface area contributed by atoms with Crippen molar-refractivity contribution in [2.75, 3.05) is 0 Å². The Bertz CT molecular complexity index is 566. The molecule has 0 aromatic heterocycles. The summed E-state index contributed by atoms with van der Waals surface area (Å²) in [7, 11) is 0. The van der Waals surface area contributed by atoms with Gasteiger partial charge in [0, 0.05) is 0 Å². The average Bonchev–Trinajstić information content (AvgIpc) is 2.43. The van der Waals surface area contributed by atoms with Gasteiger partial charge in [-0.3, -0.25) is 10.1 Å². The number of benzene rings is 1. The van der Waals surface area contributed by atoms with Crippen LogP contribution < -0.4 is 10.7 Å². The van der Waals surface area contributed by atoms with Gasteiger partial charge in [-0.1, -0.05) is 0 Å². The van der Waals surface area contributed by atoms with Crippen molar-refractivity contribution in [1.82, 2.24) is 0 Å². The number of nitro benzene ring substituents is 1. The fourth-order valence-electron chi connectivity index (χ4n) is 1.14. The number of carbonyl (C=O) groups is 1. The quantitative estimate of drug-likeness (QED) is 0.432. The van der Waals surface area contributed by atoms with E-state index in [4.69, 9.17) is 0 Å². The van der Waals surface area contributed by atoms with Crippen LogP contribution in [0.5, 0.6) is 0 Å². The van der Waals surface area contributed by atoms with E-state index in [0.29, 0.717) is 3.57 Å². The van der Waals surface area contributed by atoms with Gasteiger partial charge in [0.15, 0.2) is 5.36 Å². The number of rotatable bonds is 1. The molecule has 2 rings (SSSR count). The van der Waals surface area contributed by atoms with Crippen LogP contribution in [0, 0.1) is 13.7 Å². The molecule has 6 nitrogen and oxygen atoms in total. The summed E-state index contributed by atoms with van der Waals surface area (Å²) in [6, 6.07) is 2.39. The maximum atomic E-state index is 10.8. The summed E-state index contributed by atoms with van der Waals surface area (Å²) in [5.74, 6) is 0. The molecule has 0 saturated carbocycles. The average molecular weight is 303 g/mol. The lowest BCUT2D eigenvalue weighted by molar-refractivity contribution is -0.387. The lowest BCUT2D eigenvalue weighted by Gasteiger charge is -1.92. The number of halogens is 1. The topological polar surface area (TPSA) is 84.9 Å². The molecule has 0 spiro atoms. The van der Waals surface area contributed by atoms with Gasteiger partial charge in [0.25, 0.3) is 0 Å². The fourth-order valence-corrected chi connectivity index (χ4v) is 1.77. The predicted molar refractivity (Wildman–Crippen MR) is 53.5 cm³/mol. The minimum atomic E-state index is -0.690. The summed E-state index contributed by atoms with van der Waals surface area (Å²) in [6.45, 7) is 0. The summed E-state index contributed by atoms with van der Waals surface area (Å²) in [5, 5.41) is 11.0. The number of carbonyl (C=O) groups excluding carboxylic acids is 1. The number of amides is 2.